The number of piperazine rings is 1. The van der Waals surface area contributed by atoms with E-state index >= 15 is 0 Å². The molecule has 1 aromatic carbocycles. The molecule has 3 rings (SSSR count). The number of aromatic nitrogens is 1. The third kappa shape index (κ3) is 7.13. The summed E-state index contributed by atoms with van der Waals surface area (Å²) in [6.07, 6.45) is 1.87. The van der Waals surface area contributed by atoms with Crippen molar-refractivity contribution in [1.29, 1.82) is 0 Å². The summed E-state index contributed by atoms with van der Waals surface area (Å²) in [7, 11) is 5.44. The summed E-state index contributed by atoms with van der Waals surface area (Å²) in [5, 5.41) is 6.77. The zero-order chi connectivity index (χ0) is 22.1. The van der Waals surface area contributed by atoms with Crippen LogP contribution in [0.25, 0.3) is 0 Å². The Kier molecular flexibility index (Phi) is 10.8. The molecule has 0 bridgehead atoms. The van der Waals surface area contributed by atoms with Crippen LogP contribution >= 0.6 is 24.0 Å². The number of aliphatic imine (C=N–C) groups is 1. The molecular formula is C23H35IN6O2. The van der Waals surface area contributed by atoms with Gasteiger partial charge in [0.2, 0.25) is 0 Å². The maximum atomic E-state index is 5.39. The largest absolute Gasteiger partial charge is 0.493 e. The molecule has 2 aromatic rings. The molecule has 1 fully saturated rings. The van der Waals surface area contributed by atoms with Crippen molar-refractivity contribution in [2.24, 2.45) is 4.99 Å². The Morgan fingerprint density at radius 2 is 1.81 bits per heavy atom. The van der Waals surface area contributed by atoms with Gasteiger partial charge in [0.15, 0.2) is 17.5 Å². The van der Waals surface area contributed by atoms with E-state index < -0.39 is 0 Å². The van der Waals surface area contributed by atoms with E-state index in [0.717, 1.165) is 50.1 Å². The van der Waals surface area contributed by atoms with Gasteiger partial charge in [0.25, 0.3) is 0 Å². The van der Waals surface area contributed by atoms with Crippen LogP contribution in [0.4, 0.5) is 5.82 Å². The second kappa shape index (κ2) is 13.3. The van der Waals surface area contributed by atoms with Crippen LogP contribution in [0.15, 0.2) is 41.5 Å². The van der Waals surface area contributed by atoms with Crippen LogP contribution in [0.3, 0.4) is 0 Å². The molecule has 0 saturated carbocycles. The lowest BCUT2D eigenvalue weighted by molar-refractivity contribution is 0.312. The van der Waals surface area contributed by atoms with Crippen molar-refractivity contribution in [3.8, 4) is 11.5 Å². The number of rotatable bonds is 8. The Labute approximate surface area is 208 Å². The SMILES string of the molecule is CCNC(=NCc1ccc(OC)c(OC)c1)NCc1cccnc1N1CCN(C)CC1.I. The lowest BCUT2D eigenvalue weighted by atomic mass is 10.2. The highest BCUT2D eigenvalue weighted by atomic mass is 127. The zero-order valence-corrected chi connectivity index (χ0v) is 21.8. The van der Waals surface area contributed by atoms with E-state index in [-0.39, 0.29) is 24.0 Å². The second-order valence-corrected chi connectivity index (χ2v) is 7.51. The van der Waals surface area contributed by atoms with Crippen LogP contribution in [0.5, 0.6) is 11.5 Å². The molecule has 1 aliphatic heterocycles. The molecular weight excluding hydrogens is 519 g/mol. The minimum atomic E-state index is 0. The molecule has 0 amide bonds. The number of anilines is 1. The number of hydrogen-bond acceptors (Lipinski definition) is 6. The molecule has 9 heteroatoms. The van der Waals surface area contributed by atoms with Gasteiger partial charge < -0.3 is 29.9 Å². The maximum absolute atomic E-state index is 5.39. The van der Waals surface area contributed by atoms with Crippen molar-refractivity contribution in [3.63, 3.8) is 0 Å². The molecule has 0 atom stereocenters. The minimum absolute atomic E-state index is 0. The van der Waals surface area contributed by atoms with Crippen LogP contribution in [-0.4, -0.2) is 69.8 Å². The van der Waals surface area contributed by atoms with Gasteiger partial charge in [0.05, 0.1) is 20.8 Å². The second-order valence-electron chi connectivity index (χ2n) is 7.51. The normalized spacial score (nSPS) is 14.5. The molecule has 8 nitrogen and oxygen atoms in total. The minimum Gasteiger partial charge on any atom is -0.493 e. The third-order valence-corrected chi connectivity index (χ3v) is 5.33. The monoisotopic (exact) mass is 554 g/mol. The predicted octanol–water partition coefficient (Wildman–Crippen LogP) is 2.72. The summed E-state index contributed by atoms with van der Waals surface area (Å²) >= 11 is 0. The molecule has 2 N–H and O–H groups in total. The third-order valence-electron chi connectivity index (χ3n) is 5.33. The predicted molar refractivity (Wildman–Crippen MR) is 141 cm³/mol. The van der Waals surface area contributed by atoms with Crippen molar-refractivity contribution >= 4 is 35.8 Å². The first-order valence-electron chi connectivity index (χ1n) is 10.7. The highest BCUT2D eigenvalue weighted by Gasteiger charge is 2.18. The fraction of sp³-hybridized carbons (Fsp3) is 0.478. The standard InChI is InChI=1S/C23H34N6O2.HI/c1-5-24-23(26-16-18-8-9-20(30-3)21(15-18)31-4)27-17-19-7-6-10-25-22(19)29-13-11-28(2)12-14-29;/h6-10,15H,5,11-14,16-17H2,1-4H3,(H2,24,26,27);1H. The number of hydrogen-bond donors (Lipinski definition) is 2. The summed E-state index contributed by atoms with van der Waals surface area (Å²) in [5.41, 5.74) is 2.22. The van der Waals surface area contributed by atoms with Gasteiger partial charge in [-0.25, -0.2) is 9.98 Å². The van der Waals surface area contributed by atoms with Crippen molar-refractivity contribution in [2.45, 2.75) is 20.0 Å². The zero-order valence-electron chi connectivity index (χ0n) is 19.4. The van der Waals surface area contributed by atoms with Gasteiger partial charge in [0, 0.05) is 51.0 Å². The van der Waals surface area contributed by atoms with Gasteiger partial charge in [-0.05, 0) is 37.7 Å². The van der Waals surface area contributed by atoms with E-state index in [1.165, 1.54) is 5.56 Å². The number of methoxy groups -OCH3 is 2. The molecule has 1 aliphatic rings. The number of guanidine groups is 1. The first kappa shape index (κ1) is 26.0. The first-order chi connectivity index (χ1) is 15.1. The van der Waals surface area contributed by atoms with Crippen molar-refractivity contribution in [1.82, 2.24) is 20.5 Å². The van der Waals surface area contributed by atoms with Crippen molar-refractivity contribution < 1.29 is 9.47 Å². The van der Waals surface area contributed by atoms with Crippen LogP contribution in [0.2, 0.25) is 0 Å². The highest BCUT2D eigenvalue weighted by Crippen LogP contribution is 2.27. The van der Waals surface area contributed by atoms with E-state index in [2.05, 4.69) is 45.5 Å². The molecule has 2 heterocycles. The van der Waals surface area contributed by atoms with Crippen LogP contribution in [0.1, 0.15) is 18.1 Å². The van der Waals surface area contributed by atoms with Gasteiger partial charge in [-0.1, -0.05) is 12.1 Å². The van der Waals surface area contributed by atoms with Gasteiger partial charge in [-0.2, -0.15) is 0 Å². The van der Waals surface area contributed by atoms with E-state index in [1.54, 1.807) is 14.2 Å². The molecule has 0 unspecified atom stereocenters. The average molecular weight is 554 g/mol. The summed E-state index contributed by atoms with van der Waals surface area (Å²) in [4.78, 5) is 14.1. The van der Waals surface area contributed by atoms with Crippen molar-refractivity contribution in [2.75, 3.05) is 58.9 Å². The smallest absolute Gasteiger partial charge is 0.191 e. The quantitative estimate of drug-likeness (QED) is 0.296. The number of nitrogens with one attached hydrogen (secondary N) is 2. The number of ether oxygens (including phenoxy) is 2. The van der Waals surface area contributed by atoms with E-state index in [0.29, 0.717) is 24.6 Å². The van der Waals surface area contributed by atoms with Gasteiger partial charge in [0.1, 0.15) is 5.82 Å². The van der Waals surface area contributed by atoms with E-state index in [1.807, 2.05) is 30.5 Å². The highest BCUT2D eigenvalue weighted by molar-refractivity contribution is 14.0. The summed E-state index contributed by atoms with van der Waals surface area (Å²) in [5.74, 6) is 3.25. The van der Waals surface area contributed by atoms with Crippen LogP contribution < -0.4 is 25.0 Å². The summed E-state index contributed by atoms with van der Waals surface area (Å²) < 4.78 is 10.7. The van der Waals surface area contributed by atoms with Gasteiger partial charge in [-0.3, -0.25) is 0 Å². The lowest BCUT2D eigenvalue weighted by Gasteiger charge is -2.34. The number of benzene rings is 1. The topological polar surface area (TPSA) is 74.2 Å². The summed E-state index contributed by atoms with van der Waals surface area (Å²) in [6.45, 7) is 8.14. The molecule has 0 spiro atoms. The van der Waals surface area contributed by atoms with E-state index in [4.69, 9.17) is 14.5 Å². The van der Waals surface area contributed by atoms with Crippen molar-refractivity contribution in [3.05, 3.63) is 47.7 Å². The fourth-order valence-electron chi connectivity index (χ4n) is 3.54. The summed E-state index contributed by atoms with van der Waals surface area (Å²) in [6, 6.07) is 9.98. The Balaban J connectivity index is 0.00000363. The molecule has 0 radical (unpaired) electrons. The first-order valence-corrected chi connectivity index (χ1v) is 10.7. The van der Waals surface area contributed by atoms with Crippen LogP contribution in [-0.2, 0) is 13.1 Å². The molecule has 1 saturated heterocycles. The molecule has 1 aromatic heterocycles. The van der Waals surface area contributed by atoms with Gasteiger partial charge >= 0.3 is 0 Å². The molecule has 32 heavy (non-hydrogen) atoms. The Hall–Kier alpha value is -2.27. The van der Waals surface area contributed by atoms with Crippen LogP contribution in [0, 0.1) is 0 Å². The average Bonchev–Trinajstić information content (AvgIpc) is 2.81. The molecule has 0 aliphatic carbocycles. The maximum Gasteiger partial charge on any atom is 0.191 e. The Morgan fingerprint density at radius 3 is 2.50 bits per heavy atom. The van der Waals surface area contributed by atoms with E-state index in [9.17, 15) is 0 Å². The lowest BCUT2D eigenvalue weighted by Crippen LogP contribution is -2.45. The number of halogens is 1. The number of likely N-dealkylation sites (N-methyl/N-ethyl adjacent to an activating group) is 1. The fourth-order valence-corrected chi connectivity index (χ4v) is 3.54. The molecule has 176 valence electrons. The van der Waals surface area contributed by atoms with Gasteiger partial charge in [-0.15, -0.1) is 24.0 Å². The Morgan fingerprint density at radius 1 is 1.06 bits per heavy atom. The number of nitrogens with zero attached hydrogens (tertiary/aromatic N) is 4. The number of pyridine rings is 1. The Bertz CT molecular complexity index is 871.